The fourth-order valence-electron chi connectivity index (χ4n) is 2.11. The third kappa shape index (κ3) is 3.36. The number of hydrogen-bond acceptors (Lipinski definition) is 4. The standard InChI is InChI=1S/C17H11BrN2O4/c18-13-3-1-2-4-14(13)19-17(21)16-10-9-15(24-16)11-5-7-12(8-6-11)20(22)23/h1-10H,(H,19,21). The fraction of sp³-hybridized carbons (Fsp3) is 0. The highest BCUT2D eigenvalue weighted by molar-refractivity contribution is 9.10. The maximum absolute atomic E-state index is 12.2. The van der Waals surface area contributed by atoms with E-state index in [1.807, 2.05) is 18.2 Å². The quantitative estimate of drug-likeness (QED) is 0.511. The number of nitro groups is 1. The Morgan fingerprint density at radius 1 is 1.04 bits per heavy atom. The van der Waals surface area contributed by atoms with E-state index in [0.717, 1.165) is 4.47 Å². The van der Waals surface area contributed by atoms with Gasteiger partial charge in [0.25, 0.3) is 11.6 Å². The van der Waals surface area contributed by atoms with Gasteiger partial charge in [-0.15, -0.1) is 0 Å². The number of carbonyl (C=O) groups is 1. The Labute approximate surface area is 145 Å². The van der Waals surface area contributed by atoms with Crippen LogP contribution in [0.1, 0.15) is 10.6 Å². The van der Waals surface area contributed by atoms with Gasteiger partial charge in [-0.25, -0.2) is 0 Å². The van der Waals surface area contributed by atoms with Crippen molar-refractivity contribution in [2.45, 2.75) is 0 Å². The van der Waals surface area contributed by atoms with Crippen molar-refractivity contribution in [2.24, 2.45) is 0 Å². The summed E-state index contributed by atoms with van der Waals surface area (Å²) >= 11 is 3.36. The summed E-state index contributed by atoms with van der Waals surface area (Å²) in [5, 5.41) is 13.4. The highest BCUT2D eigenvalue weighted by Gasteiger charge is 2.14. The Balaban J connectivity index is 1.78. The van der Waals surface area contributed by atoms with Crippen molar-refractivity contribution in [3.05, 3.63) is 81.0 Å². The third-order valence-electron chi connectivity index (χ3n) is 3.31. The normalized spacial score (nSPS) is 10.4. The molecule has 0 unspecified atom stereocenters. The SMILES string of the molecule is O=C(Nc1ccccc1Br)c1ccc(-c2ccc([N+](=O)[O-])cc2)o1. The molecule has 3 aromatic rings. The first-order valence-corrected chi connectivity index (χ1v) is 7.74. The van der Waals surface area contributed by atoms with E-state index < -0.39 is 4.92 Å². The maximum atomic E-state index is 12.2. The van der Waals surface area contributed by atoms with E-state index >= 15 is 0 Å². The number of para-hydroxylation sites is 1. The number of nitro benzene ring substituents is 1. The molecule has 24 heavy (non-hydrogen) atoms. The molecule has 1 aromatic heterocycles. The van der Waals surface area contributed by atoms with E-state index in [-0.39, 0.29) is 17.4 Å². The number of non-ortho nitro benzene ring substituents is 1. The largest absolute Gasteiger partial charge is 0.451 e. The average Bonchev–Trinajstić information content (AvgIpc) is 3.07. The Bertz CT molecular complexity index is 903. The molecule has 1 heterocycles. The van der Waals surface area contributed by atoms with E-state index in [2.05, 4.69) is 21.2 Å². The summed E-state index contributed by atoms with van der Waals surface area (Å²) in [5.74, 6) is 0.233. The smallest absolute Gasteiger partial charge is 0.291 e. The summed E-state index contributed by atoms with van der Waals surface area (Å²) in [5.41, 5.74) is 1.29. The Kier molecular flexibility index (Phi) is 4.43. The van der Waals surface area contributed by atoms with Crippen molar-refractivity contribution >= 4 is 33.2 Å². The van der Waals surface area contributed by atoms with Crippen LogP contribution < -0.4 is 5.32 Å². The van der Waals surface area contributed by atoms with Gasteiger partial charge in [0.15, 0.2) is 5.76 Å². The van der Waals surface area contributed by atoms with Crippen molar-refractivity contribution in [3.63, 3.8) is 0 Å². The zero-order valence-corrected chi connectivity index (χ0v) is 13.8. The monoisotopic (exact) mass is 386 g/mol. The van der Waals surface area contributed by atoms with Crippen molar-refractivity contribution in [1.82, 2.24) is 0 Å². The Morgan fingerprint density at radius 3 is 2.42 bits per heavy atom. The van der Waals surface area contributed by atoms with Crippen LogP contribution in [-0.4, -0.2) is 10.8 Å². The molecular weight excluding hydrogens is 376 g/mol. The van der Waals surface area contributed by atoms with Gasteiger partial charge in [-0.2, -0.15) is 0 Å². The molecule has 0 saturated carbocycles. The van der Waals surface area contributed by atoms with Gasteiger partial charge in [0.2, 0.25) is 0 Å². The van der Waals surface area contributed by atoms with E-state index in [0.29, 0.717) is 17.0 Å². The first kappa shape index (κ1) is 15.9. The van der Waals surface area contributed by atoms with E-state index in [1.54, 1.807) is 30.3 Å². The number of anilines is 1. The Hall–Kier alpha value is -2.93. The molecule has 120 valence electrons. The lowest BCUT2D eigenvalue weighted by Crippen LogP contribution is -2.11. The lowest BCUT2D eigenvalue weighted by Gasteiger charge is -2.05. The van der Waals surface area contributed by atoms with Crippen molar-refractivity contribution in [1.29, 1.82) is 0 Å². The van der Waals surface area contributed by atoms with Gasteiger partial charge in [0.1, 0.15) is 5.76 Å². The van der Waals surface area contributed by atoms with Crippen molar-refractivity contribution in [2.75, 3.05) is 5.32 Å². The van der Waals surface area contributed by atoms with Gasteiger partial charge < -0.3 is 9.73 Å². The predicted molar refractivity (Wildman–Crippen MR) is 92.9 cm³/mol. The number of amides is 1. The van der Waals surface area contributed by atoms with E-state index in [4.69, 9.17) is 4.42 Å². The summed E-state index contributed by atoms with van der Waals surface area (Å²) in [6.45, 7) is 0. The minimum Gasteiger partial charge on any atom is -0.451 e. The number of carbonyl (C=O) groups excluding carboxylic acids is 1. The number of hydrogen-bond donors (Lipinski definition) is 1. The van der Waals surface area contributed by atoms with Crippen LogP contribution in [0.25, 0.3) is 11.3 Å². The molecule has 0 aliphatic rings. The second-order valence-electron chi connectivity index (χ2n) is 4.90. The summed E-state index contributed by atoms with van der Waals surface area (Å²) in [6, 6.07) is 16.4. The molecule has 1 N–H and O–H groups in total. The fourth-order valence-corrected chi connectivity index (χ4v) is 2.49. The third-order valence-corrected chi connectivity index (χ3v) is 4.01. The van der Waals surface area contributed by atoms with Crippen LogP contribution in [0.4, 0.5) is 11.4 Å². The predicted octanol–water partition coefficient (Wildman–Crippen LogP) is 4.87. The number of nitrogens with one attached hydrogen (secondary N) is 1. The number of halogens is 1. The average molecular weight is 387 g/mol. The van der Waals surface area contributed by atoms with Crippen LogP contribution in [0.3, 0.4) is 0 Å². The van der Waals surface area contributed by atoms with Crippen LogP contribution >= 0.6 is 15.9 Å². The van der Waals surface area contributed by atoms with Crippen LogP contribution in [-0.2, 0) is 0 Å². The van der Waals surface area contributed by atoms with Crippen LogP contribution in [0.2, 0.25) is 0 Å². The van der Waals surface area contributed by atoms with Crippen LogP contribution in [0.15, 0.2) is 69.6 Å². The molecule has 0 fully saturated rings. The van der Waals surface area contributed by atoms with Crippen LogP contribution in [0, 0.1) is 10.1 Å². The Morgan fingerprint density at radius 2 is 1.75 bits per heavy atom. The van der Waals surface area contributed by atoms with Gasteiger partial charge in [-0.1, -0.05) is 12.1 Å². The zero-order chi connectivity index (χ0) is 17.1. The van der Waals surface area contributed by atoms with Crippen molar-refractivity contribution < 1.29 is 14.1 Å². The molecule has 6 nitrogen and oxygen atoms in total. The molecule has 2 aromatic carbocycles. The highest BCUT2D eigenvalue weighted by Crippen LogP contribution is 2.26. The van der Waals surface area contributed by atoms with Crippen LogP contribution in [0.5, 0.6) is 0 Å². The summed E-state index contributed by atoms with van der Waals surface area (Å²) in [7, 11) is 0. The van der Waals surface area contributed by atoms with Crippen molar-refractivity contribution in [3.8, 4) is 11.3 Å². The summed E-state index contributed by atoms with van der Waals surface area (Å²) in [4.78, 5) is 22.4. The summed E-state index contributed by atoms with van der Waals surface area (Å²) < 4.78 is 6.31. The summed E-state index contributed by atoms with van der Waals surface area (Å²) in [6.07, 6.45) is 0. The number of benzene rings is 2. The zero-order valence-electron chi connectivity index (χ0n) is 12.2. The lowest BCUT2D eigenvalue weighted by atomic mass is 10.1. The molecule has 0 bridgehead atoms. The molecular formula is C17H11BrN2O4. The number of rotatable bonds is 4. The molecule has 3 rings (SSSR count). The van der Waals surface area contributed by atoms with Gasteiger partial charge in [0.05, 0.1) is 10.6 Å². The lowest BCUT2D eigenvalue weighted by molar-refractivity contribution is -0.384. The van der Waals surface area contributed by atoms with E-state index in [9.17, 15) is 14.9 Å². The van der Waals surface area contributed by atoms with E-state index in [1.165, 1.54) is 12.1 Å². The minimum absolute atomic E-state index is 0.00259. The molecule has 0 aliphatic carbocycles. The van der Waals surface area contributed by atoms with Gasteiger partial charge in [0, 0.05) is 22.2 Å². The highest BCUT2D eigenvalue weighted by atomic mass is 79.9. The molecule has 0 spiro atoms. The topological polar surface area (TPSA) is 85.4 Å². The molecule has 0 aliphatic heterocycles. The molecule has 0 radical (unpaired) electrons. The minimum atomic E-state index is -0.470. The molecule has 7 heteroatoms. The molecule has 1 amide bonds. The van der Waals surface area contributed by atoms with Gasteiger partial charge >= 0.3 is 0 Å². The molecule has 0 saturated heterocycles. The second-order valence-corrected chi connectivity index (χ2v) is 5.76. The first-order valence-electron chi connectivity index (χ1n) is 6.95. The van der Waals surface area contributed by atoms with Gasteiger partial charge in [-0.05, 0) is 52.3 Å². The number of furan rings is 1. The molecule has 0 atom stereocenters. The van der Waals surface area contributed by atoms with Gasteiger partial charge in [-0.3, -0.25) is 14.9 Å². The first-order chi connectivity index (χ1) is 11.5. The second kappa shape index (κ2) is 6.67. The number of nitrogens with zero attached hydrogens (tertiary/aromatic N) is 1. The maximum Gasteiger partial charge on any atom is 0.291 e.